The van der Waals surface area contributed by atoms with Gasteiger partial charge in [-0.3, -0.25) is 0 Å². The lowest BCUT2D eigenvalue weighted by molar-refractivity contribution is 0.171. The smallest absolute Gasteiger partial charge is 0.0587 e. The minimum absolute atomic E-state index is 0.830. The van der Waals surface area contributed by atoms with Crippen LogP contribution in [0.5, 0.6) is 0 Å². The van der Waals surface area contributed by atoms with Crippen molar-refractivity contribution in [2.45, 2.75) is 58.3 Å². The van der Waals surface area contributed by atoms with E-state index in [1.54, 1.807) is 7.11 Å². The predicted octanol–water partition coefficient (Wildman–Crippen LogP) is 3.29. The Kier molecular flexibility index (Phi) is 11.3. The summed E-state index contributed by atoms with van der Waals surface area (Å²) in [5.41, 5.74) is 0. The van der Waals surface area contributed by atoms with E-state index in [2.05, 4.69) is 17.1 Å². The van der Waals surface area contributed by atoms with Gasteiger partial charge in [-0.1, -0.05) is 39.0 Å². The predicted molar refractivity (Wildman–Crippen MR) is 87.3 cm³/mol. The van der Waals surface area contributed by atoms with E-state index < -0.39 is 0 Å². The maximum Gasteiger partial charge on any atom is 0.0587 e. The van der Waals surface area contributed by atoms with Crippen LogP contribution in [0.25, 0.3) is 0 Å². The molecule has 0 aliphatic carbocycles. The summed E-state index contributed by atoms with van der Waals surface area (Å²) >= 11 is 0. The molecule has 1 heterocycles. The van der Waals surface area contributed by atoms with Crippen LogP contribution in [0.15, 0.2) is 0 Å². The summed E-state index contributed by atoms with van der Waals surface area (Å²) < 4.78 is 5.06. The molecule has 1 aliphatic heterocycles. The first-order valence-corrected chi connectivity index (χ1v) is 8.78. The van der Waals surface area contributed by atoms with Crippen molar-refractivity contribution in [3.05, 3.63) is 0 Å². The third-order valence-electron chi connectivity index (χ3n) is 4.45. The number of rotatable bonds is 12. The molecule has 1 rings (SSSR count). The maximum atomic E-state index is 5.06. The minimum atomic E-state index is 0.830. The molecule has 0 amide bonds. The van der Waals surface area contributed by atoms with Gasteiger partial charge in [0.25, 0.3) is 0 Å². The molecule has 1 saturated heterocycles. The molecule has 120 valence electrons. The Morgan fingerprint density at radius 3 is 2.45 bits per heavy atom. The molecule has 3 heteroatoms. The normalized spacial score (nSPS) is 17.7. The molecular weight excluding hydrogens is 248 g/mol. The molecule has 0 aromatic rings. The second kappa shape index (κ2) is 12.6. The van der Waals surface area contributed by atoms with E-state index in [1.807, 2.05) is 0 Å². The van der Waals surface area contributed by atoms with Crippen molar-refractivity contribution in [3.63, 3.8) is 0 Å². The Labute approximate surface area is 126 Å². The Morgan fingerprint density at radius 1 is 1.05 bits per heavy atom. The molecule has 0 aromatic carbocycles. The van der Waals surface area contributed by atoms with E-state index in [0.29, 0.717) is 0 Å². The highest BCUT2D eigenvalue weighted by Gasteiger charge is 2.18. The number of piperidine rings is 1. The second-order valence-corrected chi connectivity index (χ2v) is 6.25. The van der Waals surface area contributed by atoms with Crippen molar-refractivity contribution in [2.24, 2.45) is 5.92 Å². The van der Waals surface area contributed by atoms with Crippen LogP contribution in [-0.4, -0.2) is 51.3 Å². The SMILES string of the molecule is CCCCCCCCN1CCC(CNCCOC)CC1. The molecule has 0 aromatic heterocycles. The quantitative estimate of drug-likeness (QED) is 0.557. The molecular formula is C17H36N2O. The number of unbranched alkanes of at least 4 members (excludes halogenated alkanes) is 5. The van der Waals surface area contributed by atoms with Gasteiger partial charge in [0.05, 0.1) is 6.61 Å². The van der Waals surface area contributed by atoms with Crippen LogP contribution in [0.1, 0.15) is 58.3 Å². The number of nitrogens with zero attached hydrogens (tertiary/aromatic N) is 1. The molecule has 20 heavy (non-hydrogen) atoms. The summed E-state index contributed by atoms with van der Waals surface area (Å²) in [6.07, 6.45) is 11.2. The molecule has 1 aliphatic rings. The van der Waals surface area contributed by atoms with Crippen molar-refractivity contribution in [2.75, 3.05) is 46.4 Å². The lowest BCUT2D eigenvalue weighted by Gasteiger charge is -2.32. The second-order valence-electron chi connectivity index (χ2n) is 6.25. The van der Waals surface area contributed by atoms with Gasteiger partial charge >= 0.3 is 0 Å². The van der Waals surface area contributed by atoms with Crippen LogP contribution in [0, 0.1) is 5.92 Å². The zero-order valence-electron chi connectivity index (χ0n) is 13.8. The van der Waals surface area contributed by atoms with Gasteiger partial charge < -0.3 is 15.0 Å². The largest absolute Gasteiger partial charge is 0.383 e. The van der Waals surface area contributed by atoms with Crippen LogP contribution in [0.4, 0.5) is 0 Å². The van der Waals surface area contributed by atoms with Gasteiger partial charge in [-0.05, 0) is 51.4 Å². The molecule has 0 saturated carbocycles. The van der Waals surface area contributed by atoms with Crippen LogP contribution >= 0.6 is 0 Å². The minimum Gasteiger partial charge on any atom is -0.383 e. The lowest BCUT2D eigenvalue weighted by Crippen LogP contribution is -2.38. The molecule has 0 radical (unpaired) electrons. The summed E-state index contributed by atoms with van der Waals surface area (Å²) in [4.78, 5) is 2.67. The average Bonchev–Trinajstić information content (AvgIpc) is 2.49. The summed E-state index contributed by atoms with van der Waals surface area (Å²) in [5.74, 6) is 0.882. The van der Waals surface area contributed by atoms with Gasteiger partial charge in [0, 0.05) is 13.7 Å². The summed E-state index contributed by atoms with van der Waals surface area (Å²) in [6.45, 7) is 9.24. The highest BCUT2D eigenvalue weighted by molar-refractivity contribution is 4.73. The number of ether oxygens (including phenoxy) is 1. The molecule has 1 fully saturated rings. The van der Waals surface area contributed by atoms with Gasteiger partial charge in [-0.2, -0.15) is 0 Å². The van der Waals surface area contributed by atoms with Crippen LogP contribution in [0.2, 0.25) is 0 Å². The molecule has 3 nitrogen and oxygen atoms in total. The van der Waals surface area contributed by atoms with Gasteiger partial charge in [0.2, 0.25) is 0 Å². The zero-order valence-corrected chi connectivity index (χ0v) is 13.8. The summed E-state index contributed by atoms with van der Waals surface area (Å²) in [7, 11) is 1.77. The summed E-state index contributed by atoms with van der Waals surface area (Å²) in [6, 6.07) is 0. The molecule has 1 N–H and O–H groups in total. The third-order valence-corrected chi connectivity index (χ3v) is 4.45. The van der Waals surface area contributed by atoms with Crippen molar-refractivity contribution in [1.82, 2.24) is 10.2 Å². The highest BCUT2D eigenvalue weighted by atomic mass is 16.5. The van der Waals surface area contributed by atoms with E-state index >= 15 is 0 Å². The van der Waals surface area contributed by atoms with E-state index in [0.717, 1.165) is 19.1 Å². The number of hydrogen-bond acceptors (Lipinski definition) is 3. The Bertz CT molecular complexity index is 203. The molecule has 0 atom stereocenters. The van der Waals surface area contributed by atoms with Gasteiger partial charge in [0.15, 0.2) is 0 Å². The van der Waals surface area contributed by atoms with Crippen LogP contribution in [0.3, 0.4) is 0 Å². The first-order valence-electron chi connectivity index (χ1n) is 8.78. The van der Waals surface area contributed by atoms with Crippen LogP contribution in [-0.2, 0) is 4.74 Å². The maximum absolute atomic E-state index is 5.06. The highest BCUT2D eigenvalue weighted by Crippen LogP contribution is 2.17. The Hall–Kier alpha value is -0.120. The monoisotopic (exact) mass is 284 g/mol. The Morgan fingerprint density at radius 2 is 1.75 bits per heavy atom. The summed E-state index contributed by atoms with van der Waals surface area (Å²) in [5, 5.41) is 3.50. The fourth-order valence-corrected chi connectivity index (χ4v) is 3.01. The van der Waals surface area contributed by atoms with Crippen molar-refractivity contribution < 1.29 is 4.74 Å². The van der Waals surface area contributed by atoms with E-state index in [9.17, 15) is 0 Å². The Balaban J connectivity index is 1.91. The van der Waals surface area contributed by atoms with Crippen molar-refractivity contribution in [1.29, 1.82) is 0 Å². The third kappa shape index (κ3) is 8.93. The van der Waals surface area contributed by atoms with Gasteiger partial charge in [-0.15, -0.1) is 0 Å². The molecule has 0 unspecified atom stereocenters. The van der Waals surface area contributed by atoms with E-state index in [4.69, 9.17) is 4.74 Å². The van der Waals surface area contributed by atoms with E-state index in [-0.39, 0.29) is 0 Å². The zero-order chi connectivity index (χ0) is 14.5. The lowest BCUT2D eigenvalue weighted by atomic mass is 9.96. The molecule has 0 spiro atoms. The number of methoxy groups -OCH3 is 1. The van der Waals surface area contributed by atoms with Gasteiger partial charge in [-0.25, -0.2) is 0 Å². The standard InChI is InChI=1S/C17H36N2O/c1-3-4-5-6-7-8-12-19-13-9-17(10-14-19)16-18-11-15-20-2/h17-18H,3-16H2,1-2H3. The van der Waals surface area contributed by atoms with Gasteiger partial charge in [0.1, 0.15) is 0 Å². The fraction of sp³-hybridized carbons (Fsp3) is 1.00. The first-order chi connectivity index (χ1) is 9.86. The number of hydrogen-bond donors (Lipinski definition) is 1. The number of likely N-dealkylation sites (tertiary alicyclic amines) is 1. The topological polar surface area (TPSA) is 24.5 Å². The molecule has 0 bridgehead atoms. The first kappa shape index (κ1) is 17.9. The van der Waals surface area contributed by atoms with E-state index in [1.165, 1.54) is 77.5 Å². The number of nitrogens with one attached hydrogen (secondary N) is 1. The fourth-order valence-electron chi connectivity index (χ4n) is 3.01. The van der Waals surface area contributed by atoms with Crippen LogP contribution < -0.4 is 5.32 Å². The van der Waals surface area contributed by atoms with Crippen molar-refractivity contribution >= 4 is 0 Å². The van der Waals surface area contributed by atoms with Crippen molar-refractivity contribution in [3.8, 4) is 0 Å². The average molecular weight is 284 g/mol.